The highest BCUT2D eigenvalue weighted by Crippen LogP contribution is 2.26. The molecule has 1 amide bonds. The van der Waals surface area contributed by atoms with Gasteiger partial charge in [0.25, 0.3) is 5.91 Å². The molecule has 1 heterocycles. The van der Waals surface area contributed by atoms with Crippen LogP contribution in [0.5, 0.6) is 0 Å². The predicted octanol–water partition coefficient (Wildman–Crippen LogP) is 3.72. The van der Waals surface area contributed by atoms with E-state index in [-0.39, 0.29) is 5.91 Å². The van der Waals surface area contributed by atoms with Crippen LogP contribution in [0.25, 0.3) is 0 Å². The number of amides is 1. The highest BCUT2D eigenvalue weighted by atomic mass is 79.9. The molecule has 2 unspecified atom stereocenters. The lowest BCUT2D eigenvalue weighted by molar-refractivity contribution is 0.0753. The molecule has 2 nitrogen and oxygen atoms in total. The van der Waals surface area contributed by atoms with Crippen LogP contribution in [0.15, 0.2) is 22.7 Å². The minimum Gasteiger partial charge on any atom is -0.336 e. The van der Waals surface area contributed by atoms with Crippen LogP contribution in [0.4, 0.5) is 0 Å². The van der Waals surface area contributed by atoms with Gasteiger partial charge in [-0.1, -0.05) is 29.8 Å². The molecule has 2 rings (SSSR count). The number of benzene rings is 1. The number of hydrogen-bond donors (Lipinski definition) is 0. The summed E-state index contributed by atoms with van der Waals surface area (Å²) < 4.78 is 0.971. The van der Waals surface area contributed by atoms with Crippen LogP contribution in [-0.4, -0.2) is 34.4 Å². The maximum Gasteiger partial charge on any atom is 0.253 e. The Balaban J connectivity index is 2.20. The zero-order valence-electron chi connectivity index (χ0n) is 10.9. The molecule has 0 N–H and O–H groups in total. The van der Waals surface area contributed by atoms with Crippen molar-refractivity contribution in [3.63, 3.8) is 0 Å². The molecule has 4 heteroatoms. The van der Waals surface area contributed by atoms with E-state index in [0.717, 1.165) is 28.7 Å². The van der Waals surface area contributed by atoms with Crippen LogP contribution in [0.3, 0.4) is 0 Å². The summed E-state index contributed by atoms with van der Waals surface area (Å²) in [7, 11) is 0. The van der Waals surface area contributed by atoms with E-state index in [1.54, 1.807) is 0 Å². The van der Waals surface area contributed by atoms with Gasteiger partial charge in [0, 0.05) is 33.6 Å². The number of thioether (sulfide) groups is 1. The zero-order chi connectivity index (χ0) is 13.3. The van der Waals surface area contributed by atoms with Gasteiger partial charge >= 0.3 is 0 Å². The number of carbonyl (C=O) groups is 1. The molecule has 1 aliphatic rings. The Morgan fingerprint density at radius 2 is 1.89 bits per heavy atom. The number of rotatable bonds is 1. The van der Waals surface area contributed by atoms with Gasteiger partial charge in [-0.15, -0.1) is 0 Å². The average molecular weight is 328 g/mol. The quantitative estimate of drug-likeness (QED) is 0.783. The average Bonchev–Trinajstić information content (AvgIpc) is 2.25. The third-order valence-corrected chi connectivity index (χ3v) is 4.68. The molecule has 0 bridgehead atoms. The van der Waals surface area contributed by atoms with Crippen molar-refractivity contribution in [3.8, 4) is 0 Å². The highest BCUT2D eigenvalue weighted by Gasteiger charge is 2.26. The second-order valence-corrected chi connectivity index (χ2v) is 7.78. The first kappa shape index (κ1) is 13.9. The van der Waals surface area contributed by atoms with Crippen LogP contribution in [-0.2, 0) is 0 Å². The summed E-state index contributed by atoms with van der Waals surface area (Å²) >= 11 is 5.41. The lowest BCUT2D eigenvalue weighted by atomic mass is 10.1. The summed E-state index contributed by atoms with van der Waals surface area (Å²) in [4.78, 5) is 14.5. The van der Waals surface area contributed by atoms with E-state index in [9.17, 15) is 4.79 Å². The van der Waals surface area contributed by atoms with E-state index in [1.807, 2.05) is 41.8 Å². The SMILES string of the molecule is Cc1cc(Br)cc(C(=O)N2CC(C)SC(C)C2)c1. The second kappa shape index (κ2) is 5.66. The monoisotopic (exact) mass is 327 g/mol. The molecule has 1 aliphatic heterocycles. The Morgan fingerprint density at radius 3 is 2.44 bits per heavy atom. The standard InChI is InChI=1S/C14H18BrNOS/c1-9-4-12(6-13(15)5-9)14(17)16-7-10(2)18-11(3)8-16/h4-6,10-11H,7-8H2,1-3H3. The lowest BCUT2D eigenvalue weighted by Gasteiger charge is -2.34. The molecule has 0 spiro atoms. The Kier molecular flexibility index (Phi) is 4.38. The molecular formula is C14H18BrNOS. The zero-order valence-corrected chi connectivity index (χ0v) is 13.3. The van der Waals surface area contributed by atoms with Gasteiger partial charge in [-0.25, -0.2) is 0 Å². The third kappa shape index (κ3) is 3.29. The smallest absolute Gasteiger partial charge is 0.253 e. The Hall–Kier alpha value is -0.480. The fourth-order valence-electron chi connectivity index (χ4n) is 2.39. The van der Waals surface area contributed by atoms with Gasteiger partial charge in [-0.3, -0.25) is 4.79 Å². The maximum atomic E-state index is 12.5. The summed E-state index contributed by atoms with van der Waals surface area (Å²) in [6, 6.07) is 5.89. The molecule has 1 aromatic rings. The van der Waals surface area contributed by atoms with Gasteiger partial charge in [0.2, 0.25) is 0 Å². The molecule has 0 saturated carbocycles. The first-order chi connectivity index (χ1) is 8.45. The number of carbonyl (C=O) groups excluding carboxylic acids is 1. The molecular weight excluding hydrogens is 310 g/mol. The number of halogens is 1. The van der Waals surface area contributed by atoms with Crippen molar-refractivity contribution in [2.24, 2.45) is 0 Å². The van der Waals surface area contributed by atoms with Gasteiger partial charge < -0.3 is 4.90 Å². The number of hydrogen-bond acceptors (Lipinski definition) is 2. The molecule has 0 radical (unpaired) electrons. The predicted molar refractivity (Wildman–Crippen MR) is 81.3 cm³/mol. The van der Waals surface area contributed by atoms with Crippen LogP contribution in [0.1, 0.15) is 29.8 Å². The molecule has 1 aromatic carbocycles. The molecule has 1 saturated heterocycles. The summed E-state index contributed by atoms with van der Waals surface area (Å²) in [6.07, 6.45) is 0. The fourth-order valence-corrected chi connectivity index (χ4v) is 4.32. The molecule has 0 aromatic heterocycles. The van der Waals surface area contributed by atoms with Gasteiger partial charge in [-0.05, 0) is 30.7 Å². The summed E-state index contributed by atoms with van der Waals surface area (Å²) in [5.41, 5.74) is 1.90. The normalized spacial score (nSPS) is 24.1. The molecule has 1 fully saturated rings. The molecule has 0 aliphatic carbocycles. The Labute approximate surface area is 121 Å². The maximum absolute atomic E-state index is 12.5. The minimum absolute atomic E-state index is 0.151. The van der Waals surface area contributed by atoms with Crippen LogP contribution in [0, 0.1) is 6.92 Å². The van der Waals surface area contributed by atoms with Gasteiger partial charge in [-0.2, -0.15) is 11.8 Å². The van der Waals surface area contributed by atoms with Crippen molar-refractivity contribution in [2.75, 3.05) is 13.1 Å². The van der Waals surface area contributed by atoms with Crippen molar-refractivity contribution in [3.05, 3.63) is 33.8 Å². The summed E-state index contributed by atoms with van der Waals surface area (Å²) in [6.45, 7) is 8.08. The number of nitrogens with zero attached hydrogens (tertiary/aromatic N) is 1. The van der Waals surface area contributed by atoms with Crippen molar-refractivity contribution < 1.29 is 4.79 Å². The second-order valence-electron chi connectivity index (χ2n) is 4.98. The van der Waals surface area contributed by atoms with Crippen LogP contribution < -0.4 is 0 Å². The van der Waals surface area contributed by atoms with Crippen molar-refractivity contribution in [1.29, 1.82) is 0 Å². The first-order valence-electron chi connectivity index (χ1n) is 6.17. The van der Waals surface area contributed by atoms with Crippen molar-refractivity contribution in [1.82, 2.24) is 4.90 Å². The topological polar surface area (TPSA) is 20.3 Å². The third-order valence-electron chi connectivity index (χ3n) is 3.00. The van der Waals surface area contributed by atoms with Gasteiger partial charge in [0.15, 0.2) is 0 Å². The van der Waals surface area contributed by atoms with E-state index in [0.29, 0.717) is 10.5 Å². The van der Waals surface area contributed by atoms with E-state index in [1.165, 1.54) is 0 Å². The lowest BCUT2D eigenvalue weighted by Crippen LogP contribution is -2.44. The highest BCUT2D eigenvalue weighted by molar-refractivity contribution is 9.10. The van der Waals surface area contributed by atoms with Crippen molar-refractivity contribution >= 4 is 33.6 Å². The summed E-state index contributed by atoms with van der Waals surface area (Å²) in [5.74, 6) is 0.151. The fraction of sp³-hybridized carbons (Fsp3) is 0.500. The molecule has 2 atom stereocenters. The van der Waals surface area contributed by atoms with Crippen molar-refractivity contribution in [2.45, 2.75) is 31.3 Å². The Morgan fingerprint density at radius 1 is 1.28 bits per heavy atom. The van der Waals surface area contributed by atoms with E-state index < -0.39 is 0 Å². The molecule has 98 valence electrons. The van der Waals surface area contributed by atoms with E-state index in [2.05, 4.69) is 29.8 Å². The number of aryl methyl sites for hydroxylation is 1. The van der Waals surface area contributed by atoms with Gasteiger partial charge in [0.05, 0.1) is 0 Å². The van der Waals surface area contributed by atoms with E-state index in [4.69, 9.17) is 0 Å². The largest absolute Gasteiger partial charge is 0.336 e. The van der Waals surface area contributed by atoms with Gasteiger partial charge in [0.1, 0.15) is 0 Å². The first-order valence-corrected chi connectivity index (χ1v) is 7.91. The Bertz CT molecular complexity index is 433. The van der Waals surface area contributed by atoms with Crippen LogP contribution in [0.2, 0.25) is 0 Å². The minimum atomic E-state index is 0.151. The molecule has 18 heavy (non-hydrogen) atoms. The van der Waals surface area contributed by atoms with E-state index >= 15 is 0 Å². The van der Waals surface area contributed by atoms with Crippen LogP contribution >= 0.6 is 27.7 Å². The summed E-state index contributed by atoms with van der Waals surface area (Å²) in [5, 5.41) is 1.04.